The van der Waals surface area contributed by atoms with E-state index in [1.165, 1.54) is 5.56 Å². The van der Waals surface area contributed by atoms with E-state index >= 15 is 0 Å². The number of aryl methyl sites for hydroxylation is 1. The zero-order valence-corrected chi connectivity index (χ0v) is 12.9. The fourth-order valence-electron chi connectivity index (χ4n) is 1.92. The molecule has 5 nitrogen and oxygen atoms in total. The van der Waals surface area contributed by atoms with E-state index in [0.29, 0.717) is 18.2 Å². The Labute approximate surface area is 125 Å². The molecule has 1 aromatic heterocycles. The zero-order chi connectivity index (χ0) is 15.2. The number of benzene rings is 1. The summed E-state index contributed by atoms with van der Waals surface area (Å²) in [6.07, 6.45) is 3.36. The van der Waals surface area contributed by atoms with Gasteiger partial charge in [-0.15, -0.1) is 0 Å². The van der Waals surface area contributed by atoms with Gasteiger partial charge in [-0.25, -0.2) is 0 Å². The summed E-state index contributed by atoms with van der Waals surface area (Å²) in [5.74, 6) is 2.06. The van der Waals surface area contributed by atoms with Gasteiger partial charge < -0.3 is 14.8 Å². The predicted molar refractivity (Wildman–Crippen MR) is 82.9 cm³/mol. The third-order valence-corrected chi connectivity index (χ3v) is 2.87. The van der Waals surface area contributed by atoms with Gasteiger partial charge in [0.15, 0.2) is 0 Å². The summed E-state index contributed by atoms with van der Waals surface area (Å²) in [5, 5.41) is 3.24. The minimum atomic E-state index is 0.0757. The SMILES string of the molecule is COc1cc(C)ccc1CNc1cncc(OC(C)C)n1. The number of nitrogens with one attached hydrogen (secondary N) is 1. The van der Waals surface area contributed by atoms with Crippen LogP contribution in [0, 0.1) is 6.92 Å². The van der Waals surface area contributed by atoms with Crippen molar-refractivity contribution in [3.63, 3.8) is 0 Å². The molecule has 112 valence electrons. The van der Waals surface area contributed by atoms with Crippen molar-refractivity contribution < 1.29 is 9.47 Å². The maximum Gasteiger partial charge on any atom is 0.234 e. The fraction of sp³-hybridized carbons (Fsp3) is 0.375. The van der Waals surface area contributed by atoms with Crippen LogP contribution in [0.5, 0.6) is 11.6 Å². The highest BCUT2D eigenvalue weighted by atomic mass is 16.5. The van der Waals surface area contributed by atoms with Gasteiger partial charge in [0.05, 0.1) is 25.6 Å². The van der Waals surface area contributed by atoms with E-state index in [2.05, 4.69) is 21.4 Å². The Balaban J connectivity index is 2.06. The average Bonchev–Trinajstić information content (AvgIpc) is 2.45. The summed E-state index contributed by atoms with van der Waals surface area (Å²) < 4.78 is 10.9. The average molecular weight is 287 g/mol. The lowest BCUT2D eigenvalue weighted by molar-refractivity contribution is 0.232. The third-order valence-electron chi connectivity index (χ3n) is 2.87. The maximum absolute atomic E-state index is 5.53. The van der Waals surface area contributed by atoms with Crippen LogP contribution in [0.15, 0.2) is 30.6 Å². The molecule has 2 aromatic rings. The number of methoxy groups -OCH3 is 1. The quantitative estimate of drug-likeness (QED) is 0.884. The first kappa shape index (κ1) is 15.1. The first-order valence-corrected chi connectivity index (χ1v) is 6.94. The molecule has 0 bridgehead atoms. The number of nitrogens with zero attached hydrogens (tertiary/aromatic N) is 2. The van der Waals surface area contributed by atoms with Gasteiger partial charge in [-0.1, -0.05) is 12.1 Å². The van der Waals surface area contributed by atoms with Crippen molar-refractivity contribution >= 4 is 5.82 Å². The number of rotatable bonds is 6. The molecule has 21 heavy (non-hydrogen) atoms. The normalized spacial score (nSPS) is 10.5. The second-order valence-corrected chi connectivity index (χ2v) is 5.08. The summed E-state index contributed by atoms with van der Waals surface area (Å²) in [7, 11) is 1.68. The van der Waals surface area contributed by atoms with Crippen LogP contribution >= 0.6 is 0 Å². The Morgan fingerprint density at radius 1 is 1.24 bits per heavy atom. The van der Waals surface area contributed by atoms with Crippen molar-refractivity contribution in [3.05, 3.63) is 41.7 Å². The van der Waals surface area contributed by atoms with Crippen LogP contribution < -0.4 is 14.8 Å². The Kier molecular flexibility index (Phi) is 4.98. The largest absolute Gasteiger partial charge is 0.496 e. The van der Waals surface area contributed by atoms with Crippen molar-refractivity contribution in [1.29, 1.82) is 0 Å². The molecule has 5 heteroatoms. The lowest BCUT2D eigenvalue weighted by Crippen LogP contribution is -2.09. The van der Waals surface area contributed by atoms with E-state index in [1.807, 2.05) is 32.9 Å². The van der Waals surface area contributed by atoms with E-state index in [1.54, 1.807) is 19.5 Å². The van der Waals surface area contributed by atoms with Gasteiger partial charge in [-0.3, -0.25) is 4.98 Å². The molecule has 0 radical (unpaired) electrons. The summed E-state index contributed by atoms with van der Waals surface area (Å²) in [6.45, 7) is 6.57. The Morgan fingerprint density at radius 3 is 2.76 bits per heavy atom. The minimum absolute atomic E-state index is 0.0757. The molecule has 0 aliphatic heterocycles. The molecular formula is C16H21N3O2. The van der Waals surface area contributed by atoms with Gasteiger partial charge in [0, 0.05) is 12.1 Å². The molecule has 0 atom stereocenters. The van der Waals surface area contributed by atoms with Crippen molar-refractivity contribution in [1.82, 2.24) is 9.97 Å². The zero-order valence-electron chi connectivity index (χ0n) is 12.9. The molecule has 1 N–H and O–H groups in total. The molecule has 0 unspecified atom stereocenters. The first-order chi connectivity index (χ1) is 10.1. The van der Waals surface area contributed by atoms with Crippen molar-refractivity contribution in [2.75, 3.05) is 12.4 Å². The minimum Gasteiger partial charge on any atom is -0.496 e. The molecule has 0 saturated heterocycles. The highest BCUT2D eigenvalue weighted by Crippen LogP contribution is 2.21. The maximum atomic E-state index is 5.53. The molecule has 2 rings (SSSR count). The molecule has 0 saturated carbocycles. The summed E-state index contributed by atoms with van der Waals surface area (Å²) in [5.41, 5.74) is 2.24. The second kappa shape index (κ2) is 6.92. The number of aromatic nitrogens is 2. The van der Waals surface area contributed by atoms with Gasteiger partial charge in [0.1, 0.15) is 11.6 Å². The molecule has 0 amide bonds. The van der Waals surface area contributed by atoms with Gasteiger partial charge in [-0.2, -0.15) is 4.98 Å². The Hall–Kier alpha value is -2.30. The van der Waals surface area contributed by atoms with Gasteiger partial charge in [-0.05, 0) is 32.4 Å². The molecule has 0 spiro atoms. The highest BCUT2D eigenvalue weighted by molar-refractivity contribution is 5.41. The fourth-order valence-corrected chi connectivity index (χ4v) is 1.92. The Morgan fingerprint density at radius 2 is 2.05 bits per heavy atom. The molecule has 0 aliphatic rings. The van der Waals surface area contributed by atoms with E-state index in [9.17, 15) is 0 Å². The van der Waals surface area contributed by atoms with Crippen LogP contribution in [0.2, 0.25) is 0 Å². The van der Waals surface area contributed by atoms with Crippen molar-refractivity contribution in [2.45, 2.75) is 33.4 Å². The topological polar surface area (TPSA) is 56.3 Å². The Bertz CT molecular complexity index is 600. The summed E-state index contributed by atoms with van der Waals surface area (Å²) in [4.78, 5) is 8.49. The summed E-state index contributed by atoms with van der Waals surface area (Å²) in [6, 6.07) is 6.12. The lowest BCUT2D eigenvalue weighted by Gasteiger charge is -2.12. The van der Waals surface area contributed by atoms with Crippen LogP contribution in [0.25, 0.3) is 0 Å². The predicted octanol–water partition coefficient (Wildman–Crippen LogP) is 3.19. The van der Waals surface area contributed by atoms with Crippen LogP contribution in [0.1, 0.15) is 25.0 Å². The number of hydrogen-bond acceptors (Lipinski definition) is 5. The lowest BCUT2D eigenvalue weighted by atomic mass is 10.1. The monoisotopic (exact) mass is 287 g/mol. The van der Waals surface area contributed by atoms with E-state index in [-0.39, 0.29) is 6.10 Å². The van der Waals surface area contributed by atoms with Crippen LogP contribution in [-0.2, 0) is 6.54 Å². The molecule has 1 heterocycles. The van der Waals surface area contributed by atoms with Gasteiger partial charge >= 0.3 is 0 Å². The van der Waals surface area contributed by atoms with Crippen LogP contribution in [0.4, 0.5) is 5.82 Å². The number of hydrogen-bond donors (Lipinski definition) is 1. The number of ether oxygens (including phenoxy) is 2. The standard InChI is InChI=1S/C16H21N3O2/c1-11(2)21-16-10-17-9-15(19-16)18-8-13-6-5-12(3)7-14(13)20-4/h5-7,9-11H,8H2,1-4H3,(H,18,19). The smallest absolute Gasteiger partial charge is 0.234 e. The molecule has 0 aliphatic carbocycles. The molecule has 1 aromatic carbocycles. The first-order valence-electron chi connectivity index (χ1n) is 6.94. The van der Waals surface area contributed by atoms with Gasteiger partial charge in [0.2, 0.25) is 5.88 Å². The van der Waals surface area contributed by atoms with E-state index in [4.69, 9.17) is 9.47 Å². The molecular weight excluding hydrogens is 266 g/mol. The van der Waals surface area contributed by atoms with Crippen LogP contribution in [0.3, 0.4) is 0 Å². The van der Waals surface area contributed by atoms with Gasteiger partial charge in [0.25, 0.3) is 0 Å². The third kappa shape index (κ3) is 4.34. The van der Waals surface area contributed by atoms with Crippen molar-refractivity contribution in [3.8, 4) is 11.6 Å². The van der Waals surface area contributed by atoms with E-state index in [0.717, 1.165) is 11.3 Å². The van der Waals surface area contributed by atoms with E-state index < -0.39 is 0 Å². The van der Waals surface area contributed by atoms with Crippen molar-refractivity contribution in [2.24, 2.45) is 0 Å². The summed E-state index contributed by atoms with van der Waals surface area (Å²) >= 11 is 0. The molecule has 0 fully saturated rings. The number of anilines is 1. The van der Waals surface area contributed by atoms with Crippen LogP contribution in [-0.4, -0.2) is 23.2 Å². The second-order valence-electron chi connectivity index (χ2n) is 5.08. The highest BCUT2D eigenvalue weighted by Gasteiger charge is 2.05.